The van der Waals surface area contributed by atoms with Crippen molar-refractivity contribution in [2.75, 3.05) is 19.3 Å². The van der Waals surface area contributed by atoms with Crippen molar-refractivity contribution in [1.29, 1.82) is 0 Å². The van der Waals surface area contributed by atoms with E-state index in [1.54, 1.807) is 7.05 Å². The van der Waals surface area contributed by atoms with Gasteiger partial charge >= 0.3 is 0 Å². The maximum Gasteiger partial charge on any atom is 0.191 e. The van der Waals surface area contributed by atoms with Crippen LogP contribution in [-0.2, 0) is 17.3 Å². The molecule has 0 radical (unpaired) electrons. The van der Waals surface area contributed by atoms with Crippen LogP contribution in [-0.4, -0.2) is 29.5 Å². The second kappa shape index (κ2) is 11.2. The number of rotatable bonds is 6. The average molecular weight is 457 g/mol. The molecule has 2 aromatic carbocycles. The van der Waals surface area contributed by atoms with Crippen molar-refractivity contribution >= 4 is 40.7 Å². The number of benzene rings is 2. The van der Waals surface area contributed by atoms with Crippen LogP contribution in [0.25, 0.3) is 0 Å². The van der Waals surface area contributed by atoms with E-state index in [0.29, 0.717) is 18.8 Å². The molecule has 0 aliphatic rings. The quantitative estimate of drug-likeness (QED) is 0.398. The first-order valence-electron chi connectivity index (χ1n) is 7.62. The first-order valence-corrected chi connectivity index (χ1v) is 8.94. The number of nitrogens with one attached hydrogen (secondary N) is 2. The highest BCUT2D eigenvalue weighted by atomic mass is 127. The topological polar surface area (TPSA) is 53.5 Å². The molecule has 0 amide bonds. The normalized spacial score (nSPS) is 12.2. The summed E-state index contributed by atoms with van der Waals surface area (Å²) in [7, 11) is 0.746. The lowest BCUT2D eigenvalue weighted by Gasteiger charge is -2.12. The van der Waals surface area contributed by atoms with Gasteiger partial charge in [0.25, 0.3) is 0 Å². The van der Waals surface area contributed by atoms with Gasteiger partial charge in [-0.15, -0.1) is 24.0 Å². The smallest absolute Gasteiger partial charge is 0.191 e. The summed E-state index contributed by atoms with van der Waals surface area (Å²) >= 11 is 0. The van der Waals surface area contributed by atoms with E-state index in [4.69, 9.17) is 0 Å². The molecule has 2 rings (SSSR count). The molecule has 2 N–H and O–H groups in total. The molecular formula is C18H24IN3OS. The molecule has 24 heavy (non-hydrogen) atoms. The number of aryl methyl sites for hydroxylation is 1. The Morgan fingerprint density at radius 3 is 2.50 bits per heavy atom. The Morgan fingerprint density at radius 2 is 1.83 bits per heavy atom. The van der Waals surface area contributed by atoms with Gasteiger partial charge in [0, 0.05) is 30.8 Å². The Kier molecular flexibility index (Phi) is 9.63. The third-order valence-corrected chi connectivity index (χ3v) is 4.72. The van der Waals surface area contributed by atoms with Crippen molar-refractivity contribution < 1.29 is 4.21 Å². The molecule has 0 heterocycles. The Morgan fingerprint density at radius 1 is 1.08 bits per heavy atom. The minimum absolute atomic E-state index is 0. The Labute approximate surface area is 163 Å². The fourth-order valence-electron chi connectivity index (χ4n) is 2.18. The minimum Gasteiger partial charge on any atom is -0.355 e. The van der Waals surface area contributed by atoms with Gasteiger partial charge in [0.2, 0.25) is 0 Å². The van der Waals surface area contributed by atoms with Crippen LogP contribution in [0.1, 0.15) is 11.1 Å². The SMILES string of the molecule is CN=C(NCCS(=O)c1ccccc1)NCc1cccc(C)c1.I. The van der Waals surface area contributed by atoms with Crippen molar-refractivity contribution in [3.05, 3.63) is 65.7 Å². The van der Waals surface area contributed by atoms with Crippen molar-refractivity contribution in [3.63, 3.8) is 0 Å². The Bertz CT molecular complexity index is 677. The molecule has 0 aliphatic heterocycles. The van der Waals surface area contributed by atoms with Gasteiger partial charge in [-0.05, 0) is 24.6 Å². The minimum atomic E-state index is -0.990. The van der Waals surface area contributed by atoms with Crippen molar-refractivity contribution in [2.24, 2.45) is 4.99 Å². The first kappa shape index (κ1) is 20.6. The van der Waals surface area contributed by atoms with Gasteiger partial charge in [0.15, 0.2) is 5.96 Å². The maximum atomic E-state index is 12.1. The molecular weight excluding hydrogens is 433 g/mol. The zero-order valence-electron chi connectivity index (χ0n) is 14.0. The van der Waals surface area contributed by atoms with Crippen LogP contribution in [0.3, 0.4) is 0 Å². The third kappa shape index (κ3) is 7.00. The van der Waals surface area contributed by atoms with E-state index >= 15 is 0 Å². The van der Waals surface area contributed by atoms with Gasteiger partial charge in [-0.3, -0.25) is 9.20 Å². The van der Waals surface area contributed by atoms with Gasteiger partial charge in [-0.25, -0.2) is 0 Å². The van der Waals surface area contributed by atoms with Crippen molar-refractivity contribution in [3.8, 4) is 0 Å². The van der Waals surface area contributed by atoms with Crippen LogP contribution in [0.5, 0.6) is 0 Å². The molecule has 0 bridgehead atoms. The largest absolute Gasteiger partial charge is 0.355 e. The molecule has 1 unspecified atom stereocenters. The summed E-state index contributed by atoms with van der Waals surface area (Å²) < 4.78 is 12.1. The highest BCUT2D eigenvalue weighted by molar-refractivity contribution is 14.0. The zero-order valence-corrected chi connectivity index (χ0v) is 17.1. The molecule has 1 atom stereocenters. The summed E-state index contributed by atoms with van der Waals surface area (Å²) in [5.74, 6) is 1.27. The summed E-state index contributed by atoms with van der Waals surface area (Å²) in [6, 6.07) is 17.9. The second-order valence-electron chi connectivity index (χ2n) is 5.20. The van der Waals surface area contributed by atoms with E-state index in [2.05, 4.69) is 40.7 Å². The predicted octanol–water partition coefficient (Wildman–Crippen LogP) is 3.09. The lowest BCUT2D eigenvalue weighted by molar-refractivity contribution is 0.681. The number of guanidine groups is 1. The summed E-state index contributed by atoms with van der Waals surface area (Å²) in [6.07, 6.45) is 0. The number of hydrogen-bond acceptors (Lipinski definition) is 2. The molecule has 130 valence electrons. The van der Waals surface area contributed by atoms with E-state index < -0.39 is 10.8 Å². The molecule has 2 aromatic rings. The van der Waals surface area contributed by atoms with Gasteiger partial charge in [-0.2, -0.15) is 0 Å². The summed E-state index contributed by atoms with van der Waals surface area (Å²) in [5, 5.41) is 6.47. The number of nitrogens with zero attached hydrogens (tertiary/aromatic N) is 1. The molecule has 0 saturated heterocycles. The van der Waals surface area contributed by atoms with Gasteiger partial charge < -0.3 is 10.6 Å². The molecule has 4 nitrogen and oxygen atoms in total. The standard InChI is InChI=1S/C18H23N3OS.HI/c1-15-7-6-8-16(13-15)14-21-18(19-2)20-11-12-23(22)17-9-4-3-5-10-17;/h3-10,13H,11-12,14H2,1-2H3,(H2,19,20,21);1H. The average Bonchev–Trinajstić information content (AvgIpc) is 2.58. The van der Waals surface area contributed by atoms with Gasteiger partial charge in [-0.1, -0.05) is 48.0 Å². The lowest BCUT2D eigenvalue weighted by atomic mass is 10.1. The third-order valence-electron chi connectivity index (χ3n) is 3.35. The van der Waals surface area contributed by atoms with Crippen LogP contribution in [0.4, 0.5) is 0 Å². The first-order chi connectivity index (χ1) is 11.2. The predicted molar refractivity (Wildman–Crippen MR) is 113 cm³/mol. The summed E-state index contributed by atoms with van der Waals surface area (Å²) in [5.41, 5.74) is 2.45. The van der Waals surface area contributed by atoms with E-state index in [0.717, 1.165) is 10.9 Å². The molecule has 0 spiro atoms. The highest BCUT2D eigenvalue weighted by Gasteiger charge is 2.04. The van der Waals surface area contributed by atoms with Crippen LogP contribution < -0.4 is 10.6 Å². The lowest BCUT2D eigenvalue weighted by Crippen LogP contribution is -2.38. The van der Waals surface area contributed by atoms with Crippen molar-refractivity contribution in [2.45, 2.75) is 18.4 Å². The fraction of sp³-hybridized carbons (Fsp3) is 0.278. The van der Waals surface area contributed by atoms with E-state index in [9.17, 15) is 4.21 Å². The van der Waals surface area contributed by atoms with Gasteiger partial charge in [0.1, 0.15) is 0 Å². The monoisotopic (exact) mass is 457 g/mol. The maximum absolute atomic E-state index is 12.1. The fourth-order valence-corrected chi connectivity index (χ4v) is 3.16. The zero-order chi connectivity index (χ0) is 16.5. The van der Waals surface area contributed by atoms with Gasteiger partial charge in [0.05, 0.1) is 10.8 Å². The van der Waals surface area contributed by atoms with Crippen LogP contribution in [0, 0.1) is 6.92 Å². The molecule has 0 aromatic heterocycles. The van der Waals surface area contributed by atoms with Crippen LogP contribution in [0.15, 0.2) is 64.5 Å². The number of hydrogen-bond donors (Lipinski definition) is 2. The molecule has 0 fully saturated rings. The number of aliphatic imine (C=N–C) groups is 1. The van der Waals surface area contributed by atoms with E-state index in [1.807, 2.05) is 36.4 Å². The summed E-state index contributed by atoms with van der Waals surface area (Å²) in [4.78, 5) is 5.05. The Hall–Kier alpha value is -1.41. The molecule has 0 saturated carbocycles. The summed E-state index contributed by atoms with van der Waals surface area (Å²) in [6.45, 7) is 3.40. The van der Waals surface area contributed by atoms with Crippen LogP contribution >= 0.6 is 24.0 Å². The second-order valence-corrected chi connectivity index (χ2v) is 6.77. The van der Waals surface area contributed by atoms with Crippen LogP contribution in [0.2, 0.25) is 0 Å². The number of halogens is 1. The molecule has 6 heteroatoms. The highest BCUT2D eigenvalue weighted by Crippen LogP contribution is 2.05. The van der Waals surface area contributed by atoms with Crippen molar-refractivity contribution in [1.82, 2.24) is 10.6 Å². The molecule has 0 aliphatic carbocycles. The Balaban J connectivity index is 0.00000288. The van der Waals surface area contributed by atoms with E-state index in [1.165, 1.54) is 11.1 Å². The van der Waals surface area contributed by atoms with E-state index in [-0.39, 0.29) is 24.0 Å².